The highest BCUT2D eigenvalue weighted by atomic mass is 16.6. The van der Waals surface area contributed by atoms with Crippen LogP contribution in [-0.2, 0) is 4.74 Å². The second-order valence-corrected chi connectivity index (χ2v) is 5.14. The molecule has 0 bridgehead atoms. The molecule has 0 spiro atoms. The van der Waals surface area contributed by atoms with Crippen molar-refractivity contribution in [3.63, 3.8) is 0 Å². The highest BCUT2D eigenvalue weighted by molar-refractivity contribution is 5.91. The molecule has 0 radical (unpaired) electrons. The van der Waals surface area contributed by atoms with Crippen molar-refractivity contribution in [3.8, 4) is 0 Å². The molecule has 0 saturated heterocycles. The highest BCUT2D eigenvalue weighted by Crippen LogP contribution is 2.27. The molecule has 0 amide bonds. The molecule has 0 fully saturated rings. The molecule has 0 aliphatic rings. The Morgan fingerprint density at radius 3 is 2.44 bits per heavy atom. The predicted molar refractivity (Wildman–Crippen MR) is 89.6 cm³/mol. The molecule has 1 atom stereocenters. The number of nitro groups is 2. The van der Waals surface area contributed by atoms with Crippen LogP contribution in [0.2, 0.25) is 0 Å². The van der Waals surface area contributed by atoms with Crippen LogP contribution in [0.3, 0.4) is 0 Å². The smallest absolute Gasteiger partial charge is 0.338 e. The fourth-order valence-corrected chi connectivity index (χ4v) is 2.21. The van der Waals surface area contributed by atoms with Crippen molar-refractivity contribution >= 4 is 23.0 Å². The van der Waals surface area contributed by atoms with Crippen molar-refractivity contribution in [1.82, 2.24) is 0 Å². The summed E-state index contributed by atoms with van der Waals surface area (Å²) in [6, 6.07) is 9.66. The topological polar surface area (TPSA) is 125 Å². The molecule has 1 N–H and O–H groups in total. The molecule has 9 nitrogen and oxygen atoms in total. The number of carbonyl (C=O) groups is 1. The van der Waals surface area contributed by atoms with E-state index in [4.69, 9.17) is 4.74 Å². The van der Waals surface area contributed by atoms with Gasteiger partial charge >= 0.3 is 5.97 Å². The number of carbonyl (C=O) groups excluding carboxylic acids is 1. The van der Waals surface area contributed by atoms with Crippen molar-refractivity contribution in [2.75, 3.05) is 12.4 Å². The zero-order chi connectivity index (χ0) is 18.6. The van der Waals surface area contributed by atoms with E-state index in [9.17, 15) is 25.0 Å². The number of hydrogen-bond donors (Lipinski definition) is 1. The molecule has 0 heterocycles. The summed E-state index contributed by atoms with van der Waals surface area (Å²) in [4.78, 5) is 32.9. The number of anilines is 1. The maximum absolute atomic E-state index is 12.2. The quantitative estimate of drug-likeness (QED) is 0.483. The molecule has 2 rings (SSSR count). The summed E-state index contributed by atoms with van der Waals surface area (Å²) in [6.45, 7) is 1.56. The van der Waals surface area contributed by atoms with E-state index < -0.39 is 21.9 Å². The molecule has 9 heteroatoms. The summed E-state index contributed by atoms with van der Waals surface area (Å²) in [5.74, 6) is -0.759. The van der Waals surface area contributed by atoms with Gasteiger partial charge in [-0.3, -0.25) is 20.2 Å². The minimum atomic E-state index is -0.759. The van der Waals surface area contributed by atoms with Gasteiger partial charge in [0.05, 0.1) is 15.4 Å². The summed E-state index contributed by atoms with van der Waals surface area (Å²) in [6.07, 6.45) is -0.754. The zero-order valence-electron chi connectivity index (χ0n) is 13.5. The Kier molecular flexibility index (Phi) is 5.28. The van der Waals surface area contributed by atoms with Crippen LogP contribution < -0.4 is 5.32 Å². The van der Waals surface area contributed by atoms with Crippen LogP contribution in [0.25, 0.3) is 0 Å². The van der Waals surface area contributed by atoms with Crippen molar-refractivity contribution < 1.29 is 19.4 Å². The largest absolute Gasteiger partial charge is 0.454 e. The number of non-ortho nitro benzene ring substituents is 1. The van der Waals surface area contributed by atoms with E-state index in [1.165, 1.54) is 37.4 Å². The van der Waals surface area contributed by atoms with Gasteiger partial charge in [-0.2, -0.15) is 0 Å². The van der Waals surface area contributed by atoms with E-state index in [0.29, 0.717) is 5.56 Å². The van der Waals surface area contributed by atoms with E-state index in [0.717, 1.165) is 6.07 Å². The molecule has 2 aromatic rings. The van der Waals surface area contributed by atoms with Gasteiger partial charge in [-0.15, -0.1) is 0 Å². The zero-order valence-corrected chi connectivity index (χ0v) is 13.5. The first-order valence-electron chi connectivity index (χ1n) is 7.25. The first kappa shape index (κ1) is 17.9. The van der Waals surface area contributed by atoms with E-state index in [1.54, 1.807) is 13.0 Å². The maximum atomic E-state index is 12.2. The molecule has 0 unspecified atom stereocenters. The molecule has 25 heavy (non-hydrogen) atoms. The van der Waals surface area contributed by atoms with Crippen LogP contribution in [0.15, 0.2) is 42.5 Å². The van der Waals surface area contributed by atoms with Gasteiger partial charge in [0.1, 0.15) is 11.8 Å². The lowest BCUT2D eigenvalue weighted by molar-refractivity contribution is -0.385. The standard InChI is InChI=1S/C16H15N3O6/c1-10(11-4-3-5-13(8-11)18(21)22)25-16(20)12-6-7-14(17-2)15(9-12)19(23)24/h3-10,17H,1-2H3/t10-/m1/s1. The number of rotatable bonds is 6. The molecular formula is C16H15N3O6. The summed E-state index contributed by atoms with van der Waals surface area (Å²) < 4.78 is 5.26. The van der Waals surface area contributed by atoms with Gasteiger partial charge in [0.15, 0.2) is 0 Å². The second-order valence-electron chi connectivity index (χ2n) is 5.14. The van der Waals surface area contributed by atoms with E-state index in [-0.39, 0.29) is 22.6 Å². The fraction of sp³-hybridized carbons (Fsp3) is 0.188. The Bertz CT molecular complexity index is 836. The van der Waals surface area contributed by atoms with Crippen LogP contribution in [0.5, 0.6) is 0 Å². The van der Waals surface area contributed by atoms with E-state index >= 15 is 0 Å². The molecule has 0 aliphatic heterocycles. The van der Waals surface area contributed by atoms with Crippen LogP contribution in [-0.4, -0.2) is 22.9 Å². The lowest BCUT2D eigenvalue weighted by atomic mass is 10.1. The average molecular weight is 345 g/mol. The number of nitrogens with zero attached hydrogens (tertiary/aromatic N) is 2. The Labute approximate surface area is 142 Å². The number of benzene rings is 2. The van der Waals surface area contributed by atoms with Crippen molar-refractivity contribution in [2.24, 2.45) is 0 Å². The molecule has 0 aromatic heterocycles. The number of nitrogens with one attached hydrogen (secondary N) is 1. The summed E-state index contributed by atoms with van der Waals surface area (Å²) in [5, 5.41) is 24.5. The fourth-order valence-electron chi connectivity index (χ4n) is 2.21. The summed E-state index contributed by atoms with van der Waals surface area (Å²) in [7, 11) is 1.53. The van der Waals surface area contributed by atoms with Gasteiger partial charge in [0, 0.05) is 25.2 Å². The average Bonchev–Trinajstić information content (AvgIpc) is 2.60. The molecule has 130 valence electrons. The number of nitro benzene ring substituents is 2. The van der Waals surface area contributed by atoms with Crippen LogP contribution >= 0.6 is 0 Å². The Hall–Kier alpha value is -3.49. The van der Waals surface area contributed by atoms with E-state index in [1.807, 2.05) is 0 Å². The van der Waals surface area contributed by atoms with Crippen molar-refractivity contribution in [2.45, 2.75) is 13.0 Å². The third kappa shape index (κ3) is 4.08. The molecular weight excluding hydrogens is 330 g/mol. The molecule has 2 aromatic carbocycles. The van der Waals surface area contributed by atoms with Crippen LogP contribution in [0.1, 0.15) is 28.9 Å². The van der Waals surface area contributed by atoms with Gasteiger partial charge < -0.3 is 10.1 Å². The highest BCUT2D eigenvalue weighted by Gasteiger charge is 2.20. The maximum Gasteiger partial charge on any atom is 0.338 e. The Morgan fingerprint density at radius 2 is 1.84 bits per heavy atom. The normalized spacial score (nSPS) is 11.4. The lowest BCUT2D eigenvalue weighted by Gasteiger charge is -2.14. The van der Waals surface area contributed by atoms with Crippen LogP contribution in [0, 0.1) is 20.2 Å². The first-order valence-corrected chi connectivity index (χ1v) is 7.25. The van der Waals surface area contributed by atoms with Crippen LogP contribution in [0.4, 0.5) is 17.1 Å². The minimum absolute atomic E-state index is 0.0166. The third-order valence-electron chi connectivity index (χ3n) is 3.53. The number of esters is 1. The van der Waals surface area contributed by atoms with Gasteiger partial charge in [0.2, 0.25) is 0 Å². The first-order chi connectivity index (χ1) is 11.8. The Balaban J connectivity index is 2.21. The van der Waals surface area contributed by atoms with Crippen molar-refractivity contribution in [3.05, 3.63) is 73.8 Å². The minimum Gasteiger partial charge on any atom is -0.454 e. The Morgan fingerprint density at radius 1 is 1.12 bits per heavy atom. The van der Waals surface area contributed by atoms with Gasteiger partial charge in [-0.1, -0.05) is 12.1 Å². The molecule has 0 aliphatic carbocycles. The number of hydrogen-bond acceptors (Lipinski definition) is 7. The second kappa shape index (κ2) is 7.39. The lowest BCUT2D eigenvalue weighted by Crippen LogP contribution is -2.10. The van der Waals surface area contributed by atoms with E-state index in [2.05, 4.69) is 5.32 Å². The van der Waals surface area contributed by atoms with Crippen molar-refractivity contribution in [1.29, 1.82) is 0 Å². The third-order valence-corrected chi connectivity index (χ3v) is 3.53. The van der Waals surface area contributed by atoms with Gasteiger partial charge in [-0.25, -0.2) is 4.79 Å². The SMILES string of the molecule is CNc1ccc(C(=O)O[C@H](C)c2cccc([N+](=O)[O-])c2)cc1[N+](=O)[O-]. The predicted octanol–water partition coefficient (Wildman–Crippen LogP) is 3.46. The van der Waals surface area contributed by atoms with Gasteiger partial charge in [-0.05, 0) is 24.6 Å². The molecule has 0 saturated carbocycles. The van der Waals surface area contributed by atoms with Gasteiger partial charge in [0.25, 0.3) is 11.4 Å². The summed E-state index contributed by atoms with van der Waals surface area (Å²) in [5.41, 5.74) is 0.370. The monoisotopic (exact) mass is 345 g/mol. The number of ether oxygens (including phenoxy) is 1. The summed E-state index contributed by atoms with van der Waals surface area (Å²) >= 11 is 0.